The number of hydrogen-bond donors (Lipinski definition) is 2. The summed E-state index contributed by atoms with van der Waals surface area (Å²) in [4.78, 5) is 6.27. The second-order valence-corrected chi connectivity index (χ2v) is 4.80. The maximum atomic E-state index is 9.78. The summed E-state index contributed by atoms with van der Waals surface area (Å²) in [5.41, 5.74) is 7.15. The number of anilines is 1. The van der Waals surface area contributed by atoms with Crippen LogP contribution >= 0.6 is 0 Å². The van der Waals surface area contributed by atoms with Crippen molar-refractivity contribution in [1.82, 2.24) is 4.98 Å². The largest absolute Gasteiger partial charge is 0.389 e. The summed E-state index contributed by atoms with van der Waals surface area (Å²) in [6.45, 7) is 6.57. The molecule has 16 heavy (non-hydrogen) atoms. The van der Waals surface area contributed by atoms with Gasteiger partial charge in [-0.15, -0.1) is 0 Å². The van der Waals surface area contributed by atoms with Crippen LogP contribution in [0.4, 0.5) is 5.82 Å². The van der Waals surface area contributed by atoms with Crippen molar-refractivity contribution in [3.63, 3.8) is 0 Å². The fourth-order valence-corrected chi connectivity index (χ4v) is 1.81. The lowest BCUT2D eigenvalue weighted by Crippen LogP contribution is -2.37. The minimum atomic E-state index is -0.744. The Morgan fingerprint density at radius 2 is 2.12 bits per heavy atom. The van der Waals surface area contributed by atoms with Crippen LogP contribution in [0.3, 0.4) is 0 Å². The fourth-order valence-electron chi connectivity index (χ4n) is 1.81. The van der Waals surface area contributed by atoms with Gasteiger partial charge in [0.15, 0.2) is 0 Å². The lowest BCUT2D eigenvalue weighted by molar-refractivity contribution is 0.0884. The SMILES string of the molecule is Cc1ccnc(N(C)CC(C)(C)O)c1CN. The van der Waals surface area contributed by atoms with Crippen molar-refractivity contribution in [3.05, 3.63) is 23.4 Å². The topological polar surface area (TPSA) is 62.4 Å². The minimum absolute atomic E-state index is 0.463. The van der Waals surface area contributed by atoms with E-state index in [1.165, 1.54) is 0 Å². The zero-order chi connectivity index (χ0) is 12.3. The zero-order valence-electron chi connectivity index (χ0n) is 10.5. The Bertz CT molecular complexity index is 358. The zero-order valence-corrected chi connectivity index (χ0v) is 10.5. The van der Waals surface area contributed by atoms with Crippen LogP contribution in [0, 0.1) is 6.92 Å². The summed E-state index contributed by atoms with van der Waals surface area (Å²) in [7, 11) is 1.92. The molecular formula is C12H21N3O. The van der Waals surface area contributed by atoms with Crippen LogP contribution in [0.5, 0.6) is 0 Å². The summed E-state index contributed by atoms with van der Waals surface area (Å²) < 4.78 is 0. The van der Waals surface area contributed by atoms with E-state index in [9.17, 15) is 5.11 Å². The summed E-state index contributed by atoms with van der Waals surface area (Å²) in [5.74, 6) is 0.852. The van der Waals surface area contributed by atoms with Gasteiger partial charge in [0.25, 0.3) is 0 Å². The molecule has 1 aromatic rings. The van der Waals surface area contributed by atoms with Crippen molar-refractivity contribution >= 4 is 5.82 Å². The molecule has 0 bridgehead atoms. The van der Waals surface area contributed by atoms with Crippen LogP contribution in [-0.2, 0) is 6.54 Å². The quantitative estimate of drug-likeness (QED) is 0.801. The lowest BCUT2D eigenvalue weighted by atomic mass is 10.1. The van der Waals surface area contributed by atoms with Gasteiger partial charge in [-0.25, -0.2) is 4.98 Å². The highest BCUT2D eigenvalue weighted by Gasteiger charge is 2.18. The smallest absolute Gasteiger partial charge is 0.133 e. The lowest BCUT2D eigenvalue weighted by Gasteiger charge is -2.28. The van der Waals surface area contributed by atoms with Crippen LogP contribution in [0.2, 0.25) is 0 Å². The van der Waals surface area contributed by atoms with Gasteiger partial charge in [0.05, 0.1) is 5.60 Å². The van der Waals surface area contributed by atoms with Crippen LogP contribution in [-0.4, -0.2) is 29.3 Å². The normalized spacial score (nSPS) is 11.6. The summed E-state index contributed by atoms with van der Waals surface area (Å²) in [6, 6.07) is 1.95. The first-order chi connectivity index (χ1) is 7.35. The molecule has 4 nitrogen and oxygen atoms in total. The highest BCUT2D eigenvalue weighted by molar-refractivity contribution is 5.49. The van der Waals surface area contributed by atoms with Crippen LogP contribution in [0.1, 0.15) is 25.0 Å². The first-order valence-electron chi connectivity index (χ1n) is 5.43. The van der Waals surface area contributed by atoms with Gasteiger partial charge in [-0.1, -0.05) is 0 Å². The van der Waals surface area contributed by atoms with Crippen LogP contribution in [0.15, 0.2) is 12.3 Å². The number of pyridine rings is 1. The third-order valence-electron chi connectivity index (χ3n) is 2.46. The Morgan fingerprint density at radius 1 is 1.50 bits per heavy atom. The molecule has 0 aliphatic heterocycles. The number of nitrogens with two attached hydrogens (primary N) is 1. The second kappa shape index (κ2) is 4.80. The van der Waals surface area contributed by atoms with E-state index in [0.29, 0.717) is 13.1 Å². The van der Waals surface area contributed by atoms with Crippen molar-refractivity contribution in [2.24, 2.45) is 5.73 Å². The molecule has 0 saturated heterocycles. The van der Waals surface area contributed by atoms with Crippen molar-refractivity contribution in [1.29, 1.82) is 0 Å². The Morgan fingerprint density at radius 3 is 2.62 bits per heavy atom. The predicted molar refractivity (Wildman–Crippen MR) is 66.4 cm³/mol. The molecule has 0 amide bonds. The molecule has 0 atom stereocenters. The van der Waals surface area contributed by atoms with E-state index in [4.69, 9.17) is 5.73 Å². The molecule has 4 heteroatoms. The van der Waals surface area contributed by atoms with Crippen molar-refractivity contribution in [3.8, 4) is 0 Å². The molecule has 90 valence electrons. The molecule has 0 aromatic carbocycles. The van der Waals surface area contributed by atoms with Crippen LogP contribution < -0.4 is 10.6 Å². The molecule has 1 heterocycles. The number of hydrogen-bond acceptors (Lipinski definition) is 4. The molecule has 0 spiro atoms. The van der Waals surface area contributed by atoms with E-state index in [2.05, 4.69) is 4.98 Å². The molecule has 1 aromatic heterocycles. The Labute approximate surface area is 97.1 Å². The monoisotopic (exact) mass is 223 g/mol. The average Bonchev–Trinajstić information content (AvgIpc) is 2.14. The standard InChI is InChI=1S/C12H21N3O/c1-9-5-6-14-11(10(9)7-13)15(4)8-12(2,3)16/h5-6,16H,7-8,13H2,1-4H3. The minimum Gasteiger partial charge on any atom is -0.389 e. The second-order valence-electron chi connectivity index (χ2n) is 4.80. The van der Waals surface area contributed by atoms with Crippen molar-refractivity contribution in [2.45, 2.75) is 32.9 Å². The van der Waals surface area contributed by atoms with Gasteiger partial charge in [0, 0.05) is 31.9 Å². The highest BCUT2D eigenvalue weighted by atomic mass is 16.3. The third kappa shape index (κ3) is 3.18. The molecule has 0 aliphatic carbocycles. The molecule has 0 fully saturated rings. The molecule has 3 N–H and O–H groups in total. The Balaban J connectivity index is 2.99. The molecule has 0 aliphatic rings. The van der Waals surface area contributed by atoms with E-state index in [1.54, 1.807) is 20.0 Å². The van der Waals surface area contributed by atoms with E-state index >= 15 is 0 Å². The average molecular weight is 223 g/mol. The van der Waals surface area contributed by atoms with Gasteiger partial charge in [0.1, 0.15) is 5.82 Å². The van der Waals surface area contributed by atoms with E-state index in [1.807, 2.05) is 24.9 Å². The maximum Gasteiger partial charge on any atom is 0.133 e. The summed E-state index contributed by atoms with van der Waals surface area (Å²) in [6.07, 6.45) is 1.77. The van der Waals surface area contributed by atoms with Gasteiger partial charge in [-0.2, -0.15) is 0 Å². The third-order valence-corrected chi connectivity index (χ3v) is 2.46. The molecule has 1 rings (SSSR count). The number of aromatic nitrogens is 1. The summed E-state index contributed by atoms with van der Waals surface area (Å²) in [5, 5.41) is 9.78. The number of likely N-dealkylation sites (N-methyl/N-ethyl adjacent to an activating group) is 1. The number of aliphatic hydroxyl groups is 1. The predicted octanol–water partition coefficient (Wildman–Crippen LogP) is 1.06. The fraction of sp³-hybridized carbons (Fsp3) is 0.583. The molecular weight excluding hydrogens is 202 g/mol. The van der Waals surface area contributed by atoms with Gasteiger partial charge in [0.2, 0.25) is 0 Å². The number of rotatable bonds is 4. The van der Waals surface area contributed by atoms with Gasteiger partial charge >= 0.3 is 0 Å². The maximum absolute atomic E-state index is 9.78. The van der Waals surface area contributed by atoms with Gasteiger partial charge in [-0.3, -0.25) is 0 Å². The summed E-state index contributed by atoms with van der Waals surface area (Å²) >= 11 is 0. The van der Waals surface area contributed by atoms with E-state index in [0.717, 1.165) is 16.9 Å². The van der Waals surface area contributed by atoms with E-state index in [-0.39, 0.29) is 0 Å². The Kier molecular flexibility index (Phi) is 3.88. The van der Waals surface area contributed by atoms with Gasteiger partial charge < -0.3 is 15.7 Å². The van der Waals surface area contributed by atoms with Crippen LogP contribution in [0.25, 0.3) is 0 Å². The van der Waals surface area contributed by atoms with Crippen molar-refractivity contribution in [2.75, 3.05) is 18.5 Å². The molecule has 0 radical (unpaired) electrons. The van der Waals surface area contributed by atoms with Gasteiger partial charge in [-0.05, 0) is 32.4 Å². The highest BCUT2D eigenvalue weighted by Crippen LogP contribution is 2.20. The Hall–Kier alpha value is -1.13. The first kappa shape index (κ1) is 12.9. The van der Waals surface area contributed by atoms with Crippen molar-refractivity contribution < 1.29 is 5.11 Å². The molecule has 0 saturated carbocycles. The first-order valence-corrected chi connectivity index (χ1v) is 5.43. The number of aryl methyl sites for hydroxylation is 1. The van der Waals surface area contributed by atoms with E-state index < -0.39 is 5.60 Å². The number of nitrogens with zero attached hydrogens (tertiary/aromatic N) is 2. The molecule has 0 unspecified atom stereocenters.